The highest BCUT2D eigenvalue weighted by atomic mass is 32.2. The second-order valence-electron chi connectivity index (χ2n) is 1.89. The molecule has 0 heterocycles. The summed E-state index contributed by atoms with van der Waals surface area (Å²) in [6, 6.07) is 0. The maximum absolute atomic E-state index is 10.2. The second kappa shape index (κ2) is 5.04. The minimum atomic E-state index is -3.70. The number of hydrogen-bond acceptors (Lipinski definition) is 4. The predicted molar refractivity (Wildman–Crippen MR) is 39.6 cm³/mol. The van der Waals surface area contributed by atoms with Crippen LogP contribution in [-0.4, -0.2) is 39.3 Å². The van der Waals surface area contributed by atoms with Crippen LogP contribution in [0.2, 0.25) is 0 Å². The molecule has 0 fully saturated rings. The van der Waals surface area contributed by atoms with Gasteiger partial charge in [-0.25, -0.2) is 14.7 Å². The molecule has 0 saturated heterocycles. The van der Waals surface area contributed by atoms with Crippen molar-refractivity contribution >= 4 is 16.2 Å². The van der Waals surface area contributed by atoms with Crippen LogP contribution in [0.1, 0.15) is 0 Å². The zero-order valence-electron chi connectivity index (χ0n) is 6.19. The molecule has 12 heavy (non-hydrogen) atoms. The smallest absolute Gasteiger partial charge is 0.329 e. The molecule has 0 aromatic heterocycles. The molecule has 0 saturated carbocycles. The zero-order valence-corrected chi connectivity index (χ0v) is 7.00. The van der Waals surface area contributed by atoms with Crippen molar-refractivity contribution in [1.82, 2.24) is 4.72 Å². The lowest BCUT2D eigenvalue weighted by molar-refractivity contribution is -0.142. The van der Waals surface area contributed by atoms with Gasteiger partial charge in [0.05, 0.1) is 6.61 Å². The summed E-state index contributed by atoms with van der Waals surface area (Å²) in [5, 5.41) is 12.7. The molecule has 0 spiro atoms. The molecular weight excluding hydrogens is 188 g/mol. The van der Waals surface area contributed by atoms with E-state index in [1.54, 1.807) is 0 Å². The van der Waals surface area contributed by atoms with Gasteiger partial charge in [0, 0.05) is 6.54 Å². The monoisotopic (exact) mass is 198 g/mol. The number of carboxylic acids is 1. The molecule has 0 aliphatic carbocycles. The van der Waals surface area contributed by atoms with E-state index in [1.165, 1.54) is 0 Å². The first-order chi connectivity index (χ1) is 5.42. The summed E-state index contributed by atoms with van der Waals surface area (Å²) in [7, 11) is -3.70. The van der Waals surface area contributed by atoms with Gasteiger partial charge in [-0.3, -0.25) is 0 Å². The Morgan fingerprint density at radius 2 is 2.17 bits per heavy atom. The van der Waals surface area contributed by atoms with Crippen molar-refractivity contribution in [2.45, 2.75) is 0 Å². The Bertz CT molecular complexity index is 236. The van der Waals surface area contributed by atoms with Crippen LogP contribution in [0.15, 0.2) is 0 Å². The molecule has 0 amide bonds. The van der Waals surface area contributed by atoms with E-state index in [4.69, 9.17) is 5.11 Å². The number of nitrogens with two attached hydrogens (primary N) is 1. The molecule has 0 aromatic rings. The minimum absolute atomic E-state index is 0.0251. The van der Waals surface area contributed by atoms with Gasteiger partial charge < -0.3 is 9.84 Å². The molecule has 0 aromatic carbocycles. The Hall–Kier alpha value is -0.700. The predicted octanol–water partition coefficient (Wildman–Crippen LogP) is -2.12. The molecule has 0 bridgehead atoms. The molecule has 0 aliphatic heterocycles. The molecule has 0 rings (SSSR count). The highest BCUT2D eigenvalue weighted by Gasteiger charge is 2.00. The first kappa shape index (κ1) is 11.3. The number of ether oxygens (including phenoxy) is 1. The van der Waals surface area contributed by atoms with Crippen LogP contribution >= 0.6 is 0 Å². The number of hydrogen-bond donors (Lipinski definition) is 3. The number of carboxylic acid groups (broad SMARTS) is 1. The van der Waals surface area contributed by atoms with Gasteiger partial charge in [-0.15, -0.1) is 0 Å². The van der Waals surface area contributed by atoms with E-state index in [9.17, 15) is 13.2 Å². The average molecular weight is 198 g/mol. The van der Waals surface area contributed by atoms with Crippen molar-refractivity contribution in [2.75, 3.05) is 19.8 Å². The van der Waals surface area contributed by atoms with Gasteiger partial charge in [-0.05, 0) is 0 Å². The molecule has 0 atom stereocenters. The van der Waals surface area contributed by atoms with Crippen LogP contribution in [0.4, 0.5) is 0 Å². The van der Waals surface area contributed by atoms with E-state index in [0.29, 0.717) is 0 Å². The van der Waals surface area contributed by atoms with Gasteiger partial charge in [0.2, 0.25) is 0 Å². The summed E-state index contributed by atoms with van der Waals surface area (Å²) in [5.41, 5.74) is 0. The summed E-state index contributed by atoms with van der Waals surface area (Å²) >= 11 is 0. The normalized spacial score (nSPS) is 11.4. The van der Waals surface area contributed by atoms with E-state index >= 15 is 0 Å². The Balaban J connectivity index is 3.29. The maximum atomic E-state index is 10.2. The van der Waals surface area contributed by atoms with Crippen molar-refractivity contribution in [3.8, 4) is 0 Å². The topological polar surface area (TPSA) is 119 Å². The Morgan fingerprint density at radius 3 is 2.58 bits per heavy atom. The lowest BCUT2D eigenvalue weighted by Gasteiger charge is -2.01. The van der Waals surface area contributed by atoms with E-state index < -0.39 is 22.8 Å². The Labute approximate surface area is 69.7 Å². The summed E-state index contributed by atoms with van der Waals surface area (Å²) in [6.07, 6.45) is 0. The number of nitrogens with one attached hydrogen (secondary N) is 1. The number of rotatable bonds is 6. The van der Waals surface area contributed by atoms with Crippen LogP contribution < -0.4 is 9.86 Å². The van der Waals surface area contributed by atoms with E-state index in [-0.39, 0.29) is 13.2 Å². The van der Waals surface area contributed by atoms with Crippen LogP contribution in [-0.2, 0) is 19.7 Å². The number of carbonyl (C=O) groups is 1. The third-order valence-electron chi connectivity index (χ3n) is 0.775. The highest BCUT2D eigenvalue weighted by Crippen LogP contribution is 1.74. The molecule has 72 valence electrons. The Kier molecular flexibility index (Phi) is 4.74. The molecule has 0 unspecified atom stereocenters. The Morgan fingerprint density at radius 1 is 1.58 bits per heavy atom. The van der Waals surface area contributed by atoms with Crippen LogP contribution in [0, 0.1) is 0 Å². The first-order valence-corrected chi connectivity index (χ1v) is 4.53. The molecule has 8 heteroatoms. The van der Waals surface area contributed by atoms with Crippen molar-refractivity contribution in [2.24, 2.45) is 5.14 Å². The number of aliphatic carboxylic acids is 1. The van der Waals surface area contributed by atoms with Crippen molar-refractivity contribution in [1.29, 1.82) is 0 Å². The molecule has 0 radical (unpaired) electrons. The van der Waals surface area contributed by atoms with Gasteiger partial charge in [0.1, 0.15) is 6.61 Å². The highest BCUT2D eigenvalue weighted by molar-refractivity contribution is 7.87. The summed E-state index contributed by atoms with van der Waals surface area (Å²) < 4.78 is 26.9. The van der Waals surface area contributed by atoms with E-state index in [1.807, 2.05) is 4.72 Å². The van der Waals surface area contributed by atoms with Gasteiger partial charge >= 0.3 is 5.97 Å². The van der Waals surface area contributed by atoms with Crippen molar-refractivity contribution in [3.63, 3.8) is 0 Å². The van der Waals surface area contributed by atoms with E-state index in [2.05, 4.69) is 9.88 Å². The molecule has 7 nitrogen and oxygen atoms in total. The van der Waals surface area contributed by atoms with Crippen molar-refractivity contribution in [3.05, 3.63) is 0 Å². The van der Waals surface area contributed by atoms with Gasteiger partial charge in [-0.2, -0.15) is 8.42 Å². The molecule has 0 aliphatic rings. The van der Waals surface area contributed by atoms with E-state index in [0.717, 1.165) is 0 Å². The fourth-order valence-corrected chi connectivity index (χ4v) is 0.783. The maximum Gasteiger partial charge on any atom is 0.329 e. The third-order valence-corrected chi connectivity index (χ3v) is 1.38. The largest absolute Gasteiger partial charge is 0.480 e. The van der Waals surface area contributed by atoms with Gasteiger partial charge in [0.15, 0.2) is 0 Å². The van der Waals surface area contributed by atoms with Crippen LogP contribution in [0.25, 0.3) is 0 Å². The average Bonchev–Trinajstić information content (AvgIpc) is 1.83. The van der Waals surface area contributed by atoms with Gasteiger partial charge in [-0.1, -0.05) is 0 Å². The summed E-state index contributed by atoms with van der Waals surface area (Å²) in [4.78, 5) is 9.87. The van der Waals surface area contributed by atoms with Crippen LogP contribution in [0.5, 0.6) is 0 Å². The quantitative estimate of drug-likeness (QED) is 0.422. The first-order valence-electron chi connectivity index (χ1n) is 2.99. The molecule has 4 N–H and O–H groups in total. The fourth-order valence-electron chi connectivity index (χ4n) is 0.416. The van der Waals surface area contributed by atoms with Gasteiger partial charge in [0.25, 0.3) is 10.2 Å². The summed E-state index contributed by atoms with van der Waals surface area (Å²) in [5.74, 6) is -1.11. The second-order valence-corrected chi connectivity index (χ2v) is 3.26. The lowest BCUT2D eigenvalue weighted by Crippen LogP contribution is -2.33. The molecular formula is C4H10N2O5S. The standard InChI is InChI=1S/C4H10N2O5S/c5-12(9,10)6-1-2-11-3-4(7)8/h6H,1-3H2,(H,7,8)(H2,5,9,10). The lowest BCUT2D eigenvalue weighted by atomic mass is 10.7. The third kappa shape index (κ3) is 9.30. The van der Waals surface area contributed by atoms with Crippen LogP contribution in [0.3, 0.4) is 0 Å². The fraction of sp³-hybridized carbons (Fsp3) is 0.750. The summed E-state index contributed by atoms with van der Waals surface area (Å²) in [6.45, 7) is -0.513. The zero-order chi connectivity index (χ0) is 9.61. The SMILES string of the molecule is NS(=O)(=O)NCCOCC(=O)O. The van der Waals surface area contributed by atoms with Crippen molar-refractivity contribution < 1.29 is 23.1 Å². The minimum Gasteiger partial charge on any atom is -0.480 e.